The highest BCUT2D eigenvalue weighted by Gasteiger charge is 1.99. The van der Waals surface area contributed by atoms with E-state index in [0.717, 1.165) is 21.8 Å². The molecule has 0 aliphatic heterocycles. The first-order valence-electron chi connectivity index (χ1n) is 5.29. The van der Waals surface area contributed by atoms with Crippen molar-refractivity contribution in [2.45, 2.75) is 6.92 Å². The van der Waals surface area contributed by atoms with Crippen LogP contribution in [0, 0.1) is 0 Å². The minimum atomic E-state index is -0.0655. The molecular weight excluding hydrogens is 234 g/mol. The van der Waals surface area contributed by atoms with Crippen LogP contribution < -0.4 is 5.32 Å². The van der Waals surface area contributed by atoms with Gasteiger partial charge in [-0.15, -0.1) is 0 Å². The molecule has 0 radical (unpaired) electrons. The summed E-state index contributed by atoms with van der Waals surface area (Å²) in [5, 5.41) is 3.46. The Bertz CT molecular complexity index is 517. The van der Waals surface area contributed by atoms with E-state index in [1.165, 1.54) is 6.92 Å². The number of hydrogen-bond acceptors (Lipinski definition) is 1. The van der Waals surface area contributed by atoms with Gasteiger partial charge in [0.15, 0.2) is 0 Å². The predicted molar refractivity (Wildman–Crippen MR) is 71.2 cm³/mol. The van der Waals surface area contributed by atoms with Crippen molar-refractivity contribution in [2.24, 2.45) is 0 Å². The summed E-state index contributed by atoms with van der Waals surface area (Å²) < 4.78 is 0. The molecule has 17 heavy (non-hydrogen) atoms. The van der Waals surface area contributed by atoms with Crippen LogP contribution in [0.3, 0.4) is 0 Å². The van der Waals surface area contributed by atoms with E-state index in [2.05, 4.69) is 5.32 Å². The van der Waals surface area contributed by atoms with Crippen molar-refractivity contribution in [3.05, 3.63) is 53.6 Å². The second-order valence-corrected chi connectivity index (χ2v) is 4.20. The zero-order chi connectivity index (χ0) is 12.3. The van der Waals surface area contributed by atoms with Crippen molar-refractivity contribution in [1.29, 1.82) is 0 Å². The Hall–Kier alpha value is -1.80. The van der Waals surface area contributed by atoms with Gasteiger partial charge in [0.1, 0.15) is 0 Å². The number of halogens is 1. The Morgan fingerprint density at radius 2 is 1.41 bits per heavy atom. The third kappa shape index (κ3) is 3.08. The van der Waals surface area contributed by atoms with E-state index in [1.807, 2.05) is 48.5 Å². The van der Waals surface area contributed by atoms with Crippen LogP contribution in [0.5, 0.6) is 0 Å². The molecule has 2 nitrogen and oxygen atoms in total. The summed E-state index contributed by atoms with van der Waals surface area (Å²) in [5.41, 5.74) is 3.00. The maximum atomic E-state index is 10.9. The molecule has 0 atom stereocenters. The smallest absolute Gasteiger partial charge is 0.221 e. The molecular formula is C14H12ClNO. The summed E-state index contributed by atoms with van der Waals surface area (Å²) >= 11 is 5.83. The average molecular weight is 246 g/mol. The monoisotopic (exact) mass is 245 g/mol. The van der Waals surface area contributed by atoms with Crippen LogP contribution in [-0.2, 0) is 4.79 Å². The average Bonchev–Trinajstić information content (AvgIpc) is 2.30. The Labute approximate surface area is 105 Å². The molecule has 2 aromatic carbocycles. The Kier molecular flexibility index (Phi) is 3.45. The van der Waals surface area contributed by atoms with Gasteiger partial charge >= 0.3 is 0 Å². The van der Waals surface area contributed by atoms with Gasteiger partial charge in [0.25, 0.3) is 0 Å². The number of amides is 1. The molecule has 0 fully saturated rings. The molecule has 0 saturated carbocycles. The van der Waals surface area contributed by atoms with Crippen LogP contribution in [0.2, 0.25) is 5.02 Å². The topological polar surface area (TPSA) is 29.1 Å². The first kappa shape index (κ1) is 11.7. The zero-order valence-corrected chi connectivity index (χ0v) is 10.2. The van der Waals surface area contributed by atoms with E-state index in [-0.39, 0.29) is 5.91 Å². The third-order valence-electron chi connectivity index (χ3n) is 2.38. The minimum Gasteiger partial charge on any atom is -0.326 e. The molecule has 0 aromatic heterocycles. The minimum absolute atomic E-state index is 0.0655. The van der Waals surface area contributed by atoms with E-state index in [9.17, 15) is 4.79 Å². The second-order valence-electron chi connectivity index (χ2n) is 3.77. The van der Waals surface area contributed by atoms with Crippen LogP contribution in [0.25, 0.3) is 11.1 Å². The van der Waals surface area contributed by atoms with E-state index >= 15 is 0 Å². The van der Waals surface area contributed by atoms with E-state index < -0.39 is 0 Å². The summed E-state index contributed by atoms with van der Waals surface area (Å²) in [5.74, 6) is -0.0655. The highest BCUT2D eigenvalue weighted by atomic mass is 35.5. The Balaban J connectivity index is 2.23. The van der Waals surface area contributed by atoms with E-state index in [0.29, 0.717) is 0 Å². The molecule has 1 amide bonds. The number of hydrogen-bond donors (Lipinski definition) is 1. The van der Waals surface area contributed by atoms with Gasteiger partial charge < -0.3 is 5.32 Å². The molecule has 2 aromatic rings. The SMILES string of the molecule is CC(=O)Nc1ccc(-c2ccc(Cl)cc2)cc1. The van der Waals surface area contributed by atoms with Gasteiger partial charge in [-0.2, -0.15) is 0 Å². The van der Waals surface area contributed by atoms with E-state index in [1.54, 1.807) is 0 Å². The molecule has 0 heterocycles. The van der Waals surface area contributed by atoms with Crippen LogP contribution in [0.4, 0.5) is 5.69 Å². The van der Waals surface area contributed by atoms with Gasteiger partial charge in [0, 0.05) is 17.6 Å². The number of benzene rings is 2. The first-order chi connectivity index (χ1) is 8.15. The maximum absolute atomic E-state index is 10.9. The van der Waals surface area contributed by atoms with Gasteiger partial charge in [-0.25, -0.2) is 0 Å². The number of anilines is 1. The van der Waals surface area contributed by atoms with Gasteiger partial charge in [-0.05, 0) is 35.4 Å². The third-order valence-corrected chi connectivity index (χ3v) is 2.63. The van der Waals surface area contributed by atoms with Crippen molar-refractivity contribution in [3.63, 3.8) is 0 Å². The van der Waals surface area contributed by atoms with Gasteiger partial charge in [0.05, 0.1) is 0 Å². The molecule has 0 aliphatic carbocycles. The zero-order valence-electron chi connectivity index (χ0n) is 9.41. The van der Waals surface area contributed by atoms with Crippen LogP contribution in [0.1, 0.15) is 6.92 Å². The number of carbonyl (C=O) groups excluding carboxylic acids is 1. The fourth-order valence-corrected chi connectivity index (χ4v) is 1.72. The number of rotatable bonds is 2. The lowest BCUT2D eigenvalue weighted by atomic mass is 10.1. The van der Waals surface area contributed by atoms with Crippen molar-refractivity contribution in [1.82, 2.24) is 0 Å². The van der Waals surface area contributed by atoms with Gasteiger partial charge in [-0.1, -0.05) is 35.9 Å². The van der Waals surface area contributed by atoms with Crippen molar-refractivity contribution < 1.29 is 4.79 Å². The molecule has 3 heteroatoms. The van der Waals surface area contributed by atoms with Crippen molar-refractivity contribution >= 4 is 23.2 Å². The van der Waals surface area contributed by atoms with Gasteiger partial charge in [-0.3, -0.25) is 4.79 Å². The molecule has 1 N–H and O–H groups in total. The Morgan fingerprint density at radius 1 is 0.941 bits per heavy atom. The summed E-state index contributed by atoms with van der Waals surface area (Å²) in [7, 11) is 0. The molecule has 0 unspecified atom stereocenters. The molecule has 0 spiro atoms. The lowest BCUT2D eigenvalue weighted by Crippen LogP contribution is -2.05. The predicted octanol–water partition coefficient (Wildman–Crippen LogP) is 3.97. The van der Waals surface area contributed by atoms with Crippen LogP contribution in [0.15, 0.2) is 48.5 Å². The van der Waals surface area contributed by atoms with Crippen molar-refractivity contribution in [2.75, 3.05) is 5.32 Å². The largest absolute Gasteiger partial charge is 0.326 e. The standard InChI is InChI=1S/C14H12ClNO/c1-10(17)16-14-8-4-12(5-9-14)11-2-6-13(15)7-3-11/h2-9H,1H3,(H,16,17). The second kappa shape index (κ2) is 5.02. The summed E-state index contributed by atoms with van der Waals surface area (Å²) in [4.78, 5) is 10.9. The molecule has 0 saturated heterocycles. The fraction of sp³-hybridized carbons (Fsp3) is 0.0714. The molecule has 2 rings (SSSR count). The highest BCUT2D eigenvalue weighted by molar-refractivity contribution is 6.30. The molecule has 0 bridgehead atoms. The van der Waals surface area contributed by atoms with E-state index in [4.69, 9.17) is 11.6 Å². The highest BCUT2D eigenvalue weighted by Crippen LogP contribution is 2.23. The summed E-state index contributed by atoms with van der Waals surface area (Å²) in [6.45, 7) is 1.49. The number of nitrogens with one attached hydrogen (secondary N) is 1. The lowest BCUT2D eigenvalue weighted by molar-refractivity contribution is -0.114. The maximum Gasteiger partial charge on any atom is 0.221 e. The first-order valence-corrected chi connectivity index (χ1v) is 5.66. The number of carbonyl (C=O) groups is 1. The molecule has 0 aliphatic rings. The normalized spacial score (nSPS) is 10.0. The fourth-order valence-electron chi connectivity index (χ4n) is 1.59. The lowest BCUT2D eigenvalue weighted by Gasteiger charge is -2.05. The quantitative estimate of drug-likeness (QED) is 0.852. The Morgan fingerprint density at radius 3 is 1.88 bits per heavy atom. The summed E-state index contributed by atoms with van der Waals surface area (Å²) in [6.07, 6.45) is 0. The summed E-state index contributed by atoms with van der Waals surface area (Å²) in [6, 6.07) is 15.3. The van der Waals surface area contributed by atoms with Crippen molar-refractivity contribution in [3.8, 4) is 11.1 Å². The van der Waals surface area contributed by atoms with Gasteiger partial charge in [0.2, 0.25) is 5.91 Å². The van der Waals surface area contributed by atoms with Crippen LogP contribution >= 0.6 is 11.6 Å². The van der Waals surface area contributed by atoms with Crippen LogP contribution in [-0.4, -0.2) is 5.91 Å². The molecule has 86 valence electrons.